The highest BCUT2D eigenvalue weighted by atomic mass is 19.1. The minimum Gasteiger partial charge on any atom is -0.353 e. The largest absolute Gasteiger partial charge is 0.353 e. The maximum absolute atomic E-state index is 13.0. The maximum atomic E-state index is 13.0. The number of ketones is 2. The molecule has 0 saturated carbocycles. The van der Waals surface area contributed by atoms with Gasteiger partial charge in [-0.1, -0.05) is 5.16 Å². The normalized spacial score (nSPS) is 13.6. The molecule has 7 nitrogen and oxygen atoms in total. The zero-order valence-corrected chi connectivity index (χ0v) is 14.5. The Morgan fingerprint density at radius 2 is 1.92 bits per heavy atom. The quantitative estimate of drug-likeness (QED) is 0.736. The van der Waals surface area contributed by atoms with Crippen LogP contribution in [-0.4, -0.2) is 48.8 Å². The number of carbonyl (C=O) groups excluding carboxylic acids is 2. The SMILES string of the molecule is CN(C)CCCNc1onc2c1C(=O)C(Nc1ccc(F)cc1)=CC2=O. The molecular formula is C18H19FN4O3. The predicted molar refractivity (Wildman–Crippen MR) is 94.9 cm³/mol. The number of hydrogen-bond donors (Lipinski definition) is 2. The molecule has 1 aromatic heterocycles. The van der Waals surface area contributed by atoms with Gasteiger partial charge in [-0.2, -0.15) is 0 Å². The predicted octanol–water partition coefficient (Wildman–Crippen LogP) is 2.55. The zero-order chi connectivity index (χ0) is 18.7. The Labute approximate surface area is 149 Å². The van der Waals surface area contributed by atoms with E-state index < -0.39 is 11.6 Å². The highest BCUT2D eigenvalue weighted by molar-refractivity contribution is 6.26. The molecule has 0 aliphatic heterocycles. The van der Waals surface area contributed by atoms with Crippen LogP contribution in [0.15, 0.2) is 40.6 Å². The van der Waals surface area contributed by atoms with Crippen LogP contribution < -0.4 is 10.6 Å². The van der Waals surface area contributed by atoms with E-state index in [1.165, 1.54) is 30.3 Å². The van der Waals surface area contributed by atoms with Crippen LogP contribution in [0.4, 0.5) is 16.0 Å². The molecule has 1 aliphatic rings. The summed E-state index contributed by atoms with van der Waals surface area (Å²) in [4.78, 5) is 27.0. The van der Waals surface area contributed by atoms with Crippen LogP contribution in [0.2, 0.25) is 0 Å². The molecule has 2 aromatic rings. The average molecular weight is 358 g/mol. The molecule has 0 spiro atoms. The molecule has 8 heteroatoms. The standard InChI is InChI=1S/C18H19FN4O3/c1-23(2)9-3-8-20-18-15-16(22-26-18)14(24)10-13(17(15)25)21-12-6-4-11(19)5-7-12/h4-7,10,20-21H,3,8-9H2,1-2H3. The summed E-state index contributed by atoms with van der Waals surface area (Å²) >= 11 is 0. The van der Waals surface area contributed by atoms with Crippen LogP contribution in [0.5, 0.6) is 0 Å². The van der Waals surface area contributed by atoms with Crippen LogP contribution in [0.25, 0.3) is 0 Å². The molecule has 1 aromatic carbocycles. The first-order valence-electron chi connectivity index (χ1n) is 8.17. The van der Waals surface area contributed by atoms with Crippen molar-refractivity contribution in [2.75, 3.05) is 37.8 Å². The summed E-state index contributed by atoms with van der Waals surface area (Å²) in [5, 5.41) is 9.58. The lowest BCUT2D eigenvalue weighted by Gasteiger charge is -2.14. The highest BCUT2D eigenvalue weighted by Gasteiger charge is 2.33. The minimum atomic E-state index is -0.422. The van der Waals surface area contributed by atoms with Gasteiger partial charge in [0.05, 0.1) is 5.70 Å². The summed E-state index contributed by atoms with van der Waals surface area (Å²) in [5.41, 5.74) is 0.703. The summed E-state index contributed by atoms with van der Waals surface area (Å²) in [7, 11) is 3.94. The number of halogens is 1. The Kier molecular flexibility index (Phi) is 5.13. The van der Waals surface area contributed by atoms with Crippen molar-refractivity contribution in [2.24, 2.45) is 0 Å². The second kappa shape index (κ2) is 7.49. The van der Waals surface area contributed by atoms with Gasteiger partial charge >= 0.3 is 0 Å². The maximum Gasteiger partial charge on any atom is 0.236 e. The lowest BCUT2D eigenvalue weighted by atomic mass is 9.98. The molecule has 0 unspecified atom stereocenters. The number of benzene rings is 1. The zero-order valence-electron chi connectivity index (χ0n) is 14.5. The van der Waals surface area contributed by atoms with Gasteiger partial charge in [-0.15, -0.1) is 0 Å². The fourth-order valence-corrected chi connectivity index (χ4v) is 2.57. The number of nitrogens with zero attached hydrogens (tertiary/aromatic N) is 2. The Bertz CT molecular complexity index is 856. The van der Waals surface area contributed by atoms with Gasteiger partial charge in [0, 0.05) is 18.3 Å². The topological polar surface area (TPSA) is 87.5 Å². The number of rotatable bonds is 7. The number of hydrogen-bond acceptors (Lipinski definition) is 7. The smallest absolute Gasteiger partial charge is 0.236 e. The molecule has 1 aliphatic carbocycles. The molecule has 3 rings (SSSR count). The van der Waals surface area contributed by atoms with Gasteiger partial charge in [-0.05, 0) is 51.3 Å². The second-order valence-electron chi connectivity index (χ2n) is 6.20. The first kappa shape index (κ1) is 17.8. The number of fused-ring (bicyclic) bond motifs is 1. The molecular weight excluding hydrogens is 339 g/mol. The minimum absolute atomic E-state index is 0.00485. The van der Waals surface area contributed by atoms with Gasteiger partial charge in [0.15, 0.2) is 5.69 Å². The molecule has 136 valence electrons. The van der Waals surface area contributed by atoms with E-state index in [-0.39, 0.29) is 28.7 Å². The van der Waals surface area contributed by atoms with Gasteiger partial charge in [-0.25, -0.2) is 4.39 Å². The second-order valence-corrected chi connectivity index (χ2v) is 6.20. The van der Waals surface area contributed by atoms with E-state index in [4.69, 9.17) is 4.52 Å². The Morgan fingerprint density at radius 1 is 1.19 bits per heavy atom. The Hall–Kier alpha value is -3.00. The van der Waals surface area contributed by atoms with Crippen LogP contribution in [0, 0.1) is 5.82 Å². The van der Waals surface area contributed by atoms with Gasteiger partial charge in [0.2, 0.25) is 17.5 Å². The van der Waals surface area contributed by atoms with Gasteiger partial charge < -0.3 is 20.1 Å². The van der Waals surface area contributed by atoms with Crippen molar-refractivity contribution in [1.29, 1.82) is 0 Å². The number of allylic oxidation sites excluding steroid dienone is 2. The molecule has 26 heavy (non-hydrogen) atoms. The number of Topliss-reactive ketones (excluding diaryl/α,β-unsaturated/α-hetero) is 1. The van der Waals surface area contributed by atoms with Crippen molar-refractivity contribution < 1.29 is 18.5 Å². The van der Waals surface area contributed by atoms with Gasteiger partial charge in [0.25, 0.3) is 0 Å². The fourth-order valence-electron chi connectivity index (χ4n) is 2.57. The van der Waals surface area contributed by atoms with Crippen molar-refractivity contribution in [3.05, 3.63) is 53.1 Å². The van der Waals surface area contributed by atoms with E-state index >= 15 is 0 Å². The summed E-state index contributed by atoms with van der Waals surface area (Å²) in [6.07, 6.45) is 2.01. The van der Waals surface area contributed by atoms with Crippen molar-refractivity contribution in [1.82, 2.24) is 10.1 Å². The lowest BCUT2D eigenvalue weighted by Crippen LogP contribution is -2.22. The molecule has 0 saturated heterocycles. The summed E-state index contributed by atoms with van der Waals surface area (Å²) in [5.74, 6) is -1.03. The monoisotopic (exact) mass is 358 g/mol. The lowest BCUT2D eigenvalue weighted by molar-refractivity contribution is 0.0983. The summed E-state index contributed by atoms with van der Waals surface area (Å²) in [6, 6.07) is 5.50. The third-order valence-electron chi connectivity index (χ3n) is 3.86. The molecule has 0 bridgehead atoms. The summed E-state index contributed by atoms with van der Waals surface area (Å²) < 4.78 is 18.2. The van der Waals surface area contributed by atoms with Crippen molar-refractivity contribution >= 4 is 23.1 Å². The van der Waals surface area contributed by atoms with Crippen LogP contribution in [0.3, 0.4) is 0 Å². The van der Waals surface area contributed by atoms with Crippen LogP contribution in [0.1, 0.15) is 27.3 Å². The van der Waals surface area contributed by atoms with E-state index in [0.717, 1.165) is 13.0 Å². The van der Waals surface area contributed by atoms with Gasteiger partial charge in [-0.3, -0.25) is 9.59 Å². The first-order chi connectivity index (χ1) is 12.5. The molecule has 0 amide bonds. The first-order valence-corrected chi connectivity index (χ1v) is 8.17. The average Bonchev–Trinajstić information content (AvgIpc) is 3.03. The van der Waals surface area contributed by atoms with E-state index in [0.29, 0.717) is 12.2 Å². The summed E-state index contributed by atoms with van der Waals surface area (Å²) in [6.45, 7) is 1.44. The van der Waals surface area contributed by atoms with Crippen molar-refractivity contribution in [3.63, 3.8) is 0 Å². The van der Waals surface area contributed by atoms with Gasteiger partial charge in [0.1, 0.15) is 11.4 Å². The number of anilines is 2. The Balaban J connectivity index is 1.76. The molecule has 0 atom stereocenters. The highest BCUT2D eigenvalue weighted by Crippen LogP contribution is 2.28. The molecule has 0 radical (unpaired) electrons. The van der Waals surface area contributed by atoms with E-state index in [2.05, 4.69) is 15.8 Å². The van der Waals surface area contributed by atoms with Crippen LogP contribution >= 0.6 is 0 Å². The van der Waals surface area contributed by atoms with Crippen molar-refractivity contribution in [2.45, 2.75) is 6.42 Å². The van der Waals surface area contributed by atoms with E-state index in [9.17, 15) is 14.0 Å². The third kappa shape index (κ3) is 3.80. The Morgan fingerprint density at radius 3 is 2.62 bits per heavy atom. The third-order valence-corrected chi connectivity index (χ3v) is 3.86. The van der Waals surface area contributed by atoms with E-state index in [1.54, 1.807) is 0 Å². The molecule has 2 N–H and O–H groups in total. The van der Waals surface area contributed by atoms with E-state index in [1.807, 2.05) is 19.0 Å². The number of nitrogens with one attached hydrogen (secondary N) is 2. The number of aromatic nitrogens is 1. The molecule has 0 fully saturated rings. The molecule has 1 heterocycles. The van der Waals surface area contributed by atoms with Crippen LogP contribution in [-0.2, 0) is 0 Å². The number of carbonyl (C=O) groups is 2. The van der Waals surface area contributed by atoms with Crippen molar-refractivity contribution in [3.8, 4) is 0 Å². The fraction of sp³-hybridized carbons (Fsp3) is 0.278.